The predicted molar refractivity (Wildman–Crippen MR) is 92.8 cm³/mol. The number of fused-ring (bicyclic) bond motifs is 1. The van der Waals surface area contributed by atoms with E-state index < -0.39 is 0 Å². The van der Waals surface area contributed by atoms with Crippen molar-refractivity contribution in [3.05, 3.63) is 34.8 Å². The summed E-state index contributed by atoms with van der Waals surface area (Å²) in [6, 6.07) is 5.79. The summed E-state index contributed by atoms with van der Waals surface area (Å²) in [7, 11) is 0. The summed E-state index contributed by atoms with van der Waals surface area (Å²) in [5.74, 6) is 1.61. The van der Waals surface area contributed by atoms with E-state index in [2.05, 4.69) is 56.9 Å². The molecule has 1 saturated heterocycles. The summed E-state index contributed by atoms with van der Waals surface area (Å²) in [6.07, 6.45) is 3.26. The Morgan fingerprint density at radius 1 is 1.08 bits per heavy atom. The lowest BCUT2D eigenvalue weighted by molar-refractivity contribution is 0.642. The van der Waals surface area contributed by atoms with Crippen molar-refractivity contribution in [2.45, 2.75) is 0 Å². The molecule has 120 valence electrons. The highest BCUT2D eigenvalue weighted by molar-refractivity contribution is 9.10. The molecule has 9 heteroatoms. The average molecular weight is 385 g/mol. The minimum Gasteiger partial charge on any atom is -0.352 e. The highest BCUT2D eigenvalue weighted by Crippen LogP contribution is 2.29. The zero-order valence-electron chi connectivity index (χ0n) is 12.6. The molecule has 0 aliphatic carbocycles. The normalized spacial score (nSPS) is 14.8. The van der Waals surface area contributed by atoms with Crippen molar-refractivity contribution in [2.24, 2.45) is 0 Å². The van der Waals surface area contributed by atoms with Gasteiger partial charge in [-0.1, -0.05) is 0 Å². The zero-order valence-corrected chi connectivity index (χ0v) is 14.2. The van der Waals surface area contributed by atoms with Gasteiger partial charge in [-0.2, -0.15) is 10.4 Å². The molecular formula is C15H13BrN8. The van der Waals surface area contributed by atoms with Crippen molar-refractivity contribution in [2.75, 3.05) is 36.0 Å². The Morgan fingerprint density at radius 3 is 2.58 bits per heavy atom. The maximum Gasteiger partial charge on any atom is 0.161 e. The van der Waals surface area contributed by atoms with Crippen LogP contribution in [0.25, 0.3) is 11.0 Å². The Hall–Kier alpha value is -2.73. The molecule has 1 fully saturated rings. The second kappa shape index (κ2) is 6.05. The minimum atomic E-state index is 0.605. The van der Waals surface area contributed by atoms with Crippen LogP contribution in [0.3, 0.4) is 0 Å². The maximum absolute atomic E-state index is 9.24. The number of H-pyrrole nitrogens is 1. The number of pyridine rings is 1. The zero-order chi connectivity index (χ0) is 16.5. The number of nitriles is 1. The van der Waals surface area contributed by atoms with Crippen LogP contribution in [0.2, 0.25) is 0 Å². The number of aromatic amines is 1. The molecule has 0 saturated carbocycles. The molecule has 24 heavy (non-hydrogen) atoms. The van der Waals surface area contributed by atoms with Crippen LogP contribution in [0.15, 0.2) is 29.3 Å². The average Bonchev–Trinajstić information content (AvgIpc) is 3.03. The van der Waals surface area contributed by atoms with Gasteiger partial charge in [-0.15, -0.1) is 0 Å². The third-order valence-corrected chi connectivity index (χ3v) is 4.65. The van der Waals surface area contributed by atoms with Crippen LogP contribution in [0.4, 0.5) is 11.6 Å². The molecule has 4 heterocycles. The molecule has 0 bridgehead atoms. The summed E-state index contributed by atoms with van der Waals surface area (Å²) >= 11 is 3.45. The van der Waals surface area contributed by atoms with Gasteiger partial charge in [-0.3, -0.25) is 5.10 Å². The van der Waals surface area contributed by atoms with Gasteiger partial charge < -0.3 is 9.80 Å². The van der Waals surface area contributed by atoms with E-state index in [1.165, 1.54) is 0 Å². The number of hydrogen-bond acceptors (Lipinski definition) is 7. The first-order valence-electron chi connectivity index (χ1n) is 7.47. The molecule has 3 aromatic rings. The third kappa shape index (κ3) is 2.45. The Labute approximate surface area is 146 Å². The molecule has 0 unspecified atom stereocenters. The van der Waals surface area contributed by atoms with E-state index >= 15 is 0 Å². The molecule has 0 aromatic carbocycles. The molecular weight excluding hydrogens is 372 g/mol. The molecule has 0 atom stereocenters. The number of aromatic nitrogens is 5. The molecule has 8 nitrogen and oxygen atoms in total. The summed E-state index contributed by atoms with van der Waals surface area (Å²) in [4.78, 5) is 17.3. The van der Waals surface area contributed by atoms with E-state index in [0.29, 0.717) is 15.8 Å². The van der Waals surface area contributed by atoms with Crippen molar-refractivity contribution in [3.63, 3.8) is 0 Å². The molecule has 0 amide bonds. The first kappa shape index (κ1) is 14.8. The number of anilines is 2. The van der Waals surface area contributed by atoms with E-state index in [9.17, 15) is 5.26 Å². The van der Waals surface area contributed by atoms with Crippen molar-refractivity contribution in [3.8, 4) is 6.07 Å². The molecule has 0 radical (unpaired) electrons. The van der Waals surface area contributed by atoms with Crippen molar-refractivity contribution in [1.82, 2.24) is 25.1 Å². The van der Waals surface area contributed by atoms with Crippen LogP contribution in [-0.2, 0) is 0 Å². The van der Waals surface area contributed by atoms with E-state index in [0.717, 1.165) is 43.2 Å². The van der Waals surface area contributed by atoms with Gasteiger partial charge in [0, 0.05) is 32.4 Å². The number of rotatable bonds is 2. The fourth-order valence-corrected chi connectivity index (χ4v) is 3.37. The molecule has 1 aliphatic rings. The first-order valence-corrected chi connectivity index (χ1v) is 8.27. The monoisotopic (exact) mass is 384 g/mol. The fraction of sp³-hybridized carbons (Fsp3) is 0.267. The van der Waals surface area contributed by atoms with Crippen LogP contribution < -0.4 is 9.80 Å². The van der Waals surface area contributed by atoms with Crippen LogP contribution in [-0.4, -0.2) is 51.3 Å². The summed E-state index contributed by atoms with van der Waals surface area (Å²) in [5, 5.41) is 17.2. The number of hydrogen-bond donors (Lipinski definition) is 1. The molecule has 1 N–H and O–H groups in total. The van der Waals surface area contributed by atoms with Crippen molar-refractivity contribution < 1.29 is 0 Å². The second-order valence-electron chi connectivity index (χ2n) is 5.40. The van der Waals surface area contributed by atoms with Gasteiger partial charge in [0.05, 0.1) is 10.9 Å². The van der Waals surface area contributed by atoms with Crippen molar-refractivity contribution >= 4 is 38.6 Å². The predicted octanol–water partition coefficient (Wildman–Crippen LogP) is 1.71. The fourth-order valence-electron chi connectivity index (χ4n) is 2.92. The Balaban J connectivity index is 1.58. The van der Waals surface area contributed by atoms with Gasteiger partial charge in [-0.05, 0) is 28.1 Å². The van der Waals surface area contributed by atoms with Gasteiger partial charge in [0.15, 0.2) is 5.65 Å². The third-order valence-electron chi connectivity index (χ3n) is 4.08. The number of nitrogens with zero attached hydrogens (tertiary/aromatic N) is 7. The van der Waals surface area contributed by atoms with Crippen LogP contribution >= 0.6 is 15.9 Å². The summed E-state index contributed by atoms with van der Waals surface area (Å²) in [6.45, 7) is 3.11. The number of piperazine rings is 1. The van der Waals surface area contributed by atoms with Crippen molar-refractivity contribution in [1.29, 1.82) is 5.26 Å². The smallest absolute Gasteiger partial charge is 0.161 e. The Morgan fingerprint density at radius 2 is 1.83 bits per heavy atom. The lowest BCUT2D eigenvalue weighted by Gasteiger charge is -2.36. The number of nitrogens with one attached hydrogen (secondary N) is 1. The lowest BCUT2D eigenvalue weighted by atomic mass is 10.2. The van der Waals surface area contributed by atoms with Crippen LogP contribution in [0.5, 0.6) is 0 Å². The van der Waals surface area contributed by atoms with Gasteiger partial charge in [-0.25, -0.2) is 15.0 Å². The topological polar surface area (TPSA) is 97.6 Å². The largest absolute Gasteiger partial charge is 0.352 e. The quantitative estimate of drug-likeness (QED) is 0.717. The molecule has 4 rings (SSSR count). The van der Waals surface area contributed by atoms with Crippen LogP contribution in [0, 0.1) is 11.3 Å². The molecule has 3 aromatic heterocycles. The van der Waals surface area contributed by atoms with Gasteiger partial charge >= 0.3 is 0 Å². The number of halogens is 1. The summed E-state index contributed by atoms with van der Waals surface area (Å²) < 4.78 is 0.715. The maximum atomic E-state index is 9.24. The standard InChI is InChI=1S/C15H13BrN8/c16-12-11-13(22-21-12)19-9-20-15(11)24-6-4-23(5-7-24)14-10(8-17)2-1-3-18-14/h1-3,9H,4-7H2,(H,19,20,21,22). The van der Waals surface area contributed by atoms with Gasteiger partial charge in [0.25, 0.3) is 0 Å². The Bertz CT molecular complexity index is 923. The SMILES string of the molecule is N#Cc1cccnc1N1CCN(c2ncnc3[nH]nc(Br)c23)CC1. The van der Waals surface area contributed by atoms with Crippen LogP contribution in [0.1, 0.15) is 5.56 Å². The molecule has 0 spiro atoms. The van der Waals surface area contributed by atoms with E-state index in [1.54, 1.807) is 24.7 Å². The lowest BCUT2D eigenvalue weighted by Crippen LogP contribution is -2.47. The Kier molecular flexibility index (Phi) is 3.74. The molecule has 1 aliphatic heterocycles. The van der Waals surface area contributed by atoms with E-state index in [4.69, 9.17) is 0 Å². The first-order chi connectivity index (χ1) is 11.8. The van der Waals surface area contributed by atoms with E-state index in [1.807, 2.05) is 0 Å². The highest BCUT2D eigenvalue weighted by Gasteiger charge is 2.23. The highest BCUT2D eigenvalue weighted by atomic mass is 79.9. The summed E-state index contributed by atoms with van der Waals surface area (Å²) in [5.41, 5.74) is 1.32. The van der Waals surface area contributed by atoms with Gasteiger partial charge in [0.1, 0.15) is 28.6 Å². The van der Waals surface area contributed by atoms with E-state index in [-0.39, 0.29) is 0 Å². The minimum absolute atomic E-state index is 0.605. The van der Waals surface area contributed by atoms with Gasteiger partial charge in [0.2, 0.25) is 0 Å². The second-order valence-corrected chi connectivity index (χ2v) is 6.15.